The Morgan fingerprint density at radius 1 is 0.815 bits per heavy atom. The third-order valence-electron chi connectivity index (χ3n) is 4.05. The highest BCUT2D eigenvalue weighted by Crippen LogP contribution is 2.11. The van der Waals surface area contributed by atoms with Gasteiger partial charge in [0.1, 0.15) is 5.82 Å². The lowest BCUT2D eigenvalue weighted by molar-refractivity contribution is 0.0972. The summed E-state index contributed by atoms with van der Waals surface area (Å²) in [5.41, 5.74) is 2.54. The molecule has 3 aromatic carbocycles. The summed E-state index contributed by atoms with van der Waals surface area (Å²) in [6.07, 6.45) is 0. The van der Waals surface area contributed by atoms with Crippen molar-refractivity contribution in [2.75, 3.05) is 0 Å². The lowest BCUT2D eigenvalue weighted by atomic mass is 10.2. The van der Waals surface area contributed by atoms with E-state index in [1.54, 1.807) is 0 Å². The summed E-state index contributed by atoms with van der Waals surface area (Å²) in [7, 11) is 0. The standard InChI is InChI=1S/C22H19FN2OS/c23-20-13-11-19(12-14-20)21(26)24-22(27)25(15-17-7-3-1-4-8-17)16-18-9-5-2-6-10-18/h1-14H,15-16H2,(H,24,26,27). The second-order valence-corrected chi connectivity index (χ2v) is 6.48. The van der Waals surface area contributed by atoms with Crippen LogP contribution in [0.1, 0.15) is 21.5 Å². The Morgan fingerprint density at radius 2 is 1.30 bits per heavy atom. The van der Waals surface area contributed by atoms with Gasteiger partial charge in [0.2, 0.25) is 0 Å². The lowest BCUT2D eigenvalue weighted by Gasteiger charge is -2.26. The van der Waals surface area contributed by atoms with Gasteiger partial charge in [0, 0.05) is 18.7 Å². The van der Waals surface area contributed by atoms with E-state index in [-0.39, 0.29) is 11.7 Å². The normalized spacial score (nSPS) is 10.3. The van der Waals surface area contributed by atoms with Gasteiger partial charge < -0.3 is 4.90 Å². The Morgan fingerprint density at radius 3 is 1.78 bits per heavy atom. The average molecular weight is 378 g/mol. The van der Waals surface area contributed by atoms with Gasteiger partial charge in [0.05, 0.1) is 0 Å². The second-order valence-electron chi connectivity index (χ2n) is 6.09. The molecule has 0 aliphatic rings. The van der Waals surface area contributed by atoms with Gasteiger partial charge >= 0.3 is 0 Å². The highest BCUT2D eigenvalue weighted by molar-refractivity contribution is 7.80. The van der Waals surface area contributed by atoms with E-state index in [0.717, 1.165) is 11.1 Å². The van der Waals surface area contributed by atoms with E-state index >= 15 is 0 Å². The van der Waals surface area contributed by atoms with Crippen LogP contribution < -0.4 is 5.32 Å². The first-order chi connectivity index (χ1) is 13.1. The Bertz CT molecular complexity index is 857. The molecule has 0 bridgehead atoms. The summed E-state index contributed by atoms with van der Waals surface area (Å²) >= 11 is 5.50. The van der Waals surface area contributed by atoms with E-state index in [2.05, 4.69) is 5.32 Å². The van der Waals surface area contributed by atoms with Gasteiger partial charge in [-0.05, 0) is 47.6 Å². The molecular formula is C22H19FN2OS. The summed E-state index contributed by atoms with van der Waals surface area (Å²) in [5.74, 6) is -0.741. The minimum atomic E-state index is -0.385. The van der Waals surface area contributed by atoms with Crippen molar-refractivity contribution in [2.24, 2.45) is 0 Å². The van der Waals surface area contributed by atoms with E-state index in [9.17, 15) is 9.18 Å². The Balaban J connectivity index is 1.75. The van der Waals surface area contributed by atoms with Crippen LogP contribution in [0.2, 0.25) is 0 Å². The molecule has 0 aliphatic heterocycles. The molecular weight excluding hydrogens is 359 g/mol. The number of hydrogen-bond donors (Lipinski definition) is 1. The first-order valence-electron chi connectivity index (χ1n) is 8.55. The Hall–Kier alpha value is -3.05. The maximum atomic E-state index is 13.1. The molecule has 0 spiro atoms. The summed E-state index contributed by atoms with van der Waals surface area (Å²) in [6.45, 7) is 1.14. The molecule has 0 fully saturated rings. The summed E-state index contributed by atoms with van der Waals surface area (Å²) in [4.78, 5) is 14.4. The van der Waals surface area contributed by atoms with Crippen molar-refractivity contribution in [3.8, 4) is 0 Å². The van der Waals surface area contributed by atoms with Crippen LogP contribution in [0.5, 0.6) is 0 Å². The van der Waals surface area contributed by atoms with Crippen LogP contribution in [0.4, 0.5) is 4.39 Å². The highest BCUT2D eigenvalue weighted by atomic mass is 32.1. The van der Waals surface area contributed by atoms with Crippen LogP contribution in [-0.2, 0) is 13.1 Å². The Labute approximate surface area is 163 Å². The first kappa shape index (κ1) is 18.7. The average Bonchev–Trinajstić information content (AvgIpc) is 2.69. The zero-order valence-electron chi connectivity index (χ0n) is 14.6. The van der Waals surface area contributed by atoms with Gasteiger partial charge in [0.15, 0.2) is 5.11 Å². The summed E-state index contributed by atoms with van der Waals surface area (Å²) < 4.78 is 13.1. The minimum Gasteiger partial charge on any atom is -0.340 e. The van der Waals surface area contributed by atoms with Crippen LogP contribution >= 0.6 is 12.2 Å². The van der Waals surface area contributed by atoms with Crippen LogP contribution in [0.3, 0.4) is 0 Å². The van der Waals surface area contributed by atoms with E-state index in [0.29, 0.717) is 23.8 Å². The summed E-state index contributed by atoms with van der Waals surface area (Å²) in [6, 6.07) is 25.2. The molecule has 0 atom stereocenters. The van der Waals surface area contributed by atoms with Gasteiger partial charge in [-0.3, -0.25) is 10.1 Å². The number of nitrogens with one attached hydrogen (secondary N) is 1. The van der Waals surface area contributed by atoms with Gasteiger partial charge in [0.25, 0.3) is 5.91 Å². The molecule has 0 aliphatic carbocycles. The molecule has 0 radical (unpaired) electrons. The fourth-order valence-corrected chi connectivity index (χ4v) is 2.88. The van der Waals surface area contributed by atoms with Gasteiger partial charge in [-0.15, -0.1) is 0 Å². The number of carbonyl (C=O) groups is 1. The largest absolute Gasteiger partial charge is 0.340 e. The van der Waals surface area contributed by atoms with Crippen molar-refractivity contribution in [1.29, 1.82) is 0 Å². The van der Waals surface area contributed by atoms with E-state index in [4.69, 9.17) is 12.2 Å². The highest BCUT2D eigenvalue weighted by Gasteiger charge is 2.15. The maximum Gasteiger partial charge on any atom is 0.257 e. The Kier molecular flexibility index (Phi) is 6.28. The molecule has 0 unspecified atom stereocenters. The molecule has 0 saturated carbocycles. The summed E-state index contributed by atoms with van der Waals surface area (Å²) in [5, 5.41) is 3.08. The van der Waals surface area contributed by atoms with E-state index in [1.807, 2.05) is 65.6 Å². The monoisotopic (exact) mass is 378 g/mol. The fourth-order valence-electron chi connectivity index (χ4n) is 2.66. The molecule has 3 nitrogen and oxygen atoms in total. The number of amides is 1. The molecule has 0 heterocycles. The van der Waals surface area contributed by atoms with Gasteiger partial charge in [-0.1, -0.05) is 60.7 Å². The molecule has 1 N–H and O–H groups in total. The predicted octanol–water partition coefficient (Wildman–Crippen LogP) is 4.54. The van der Waals surface area contributed by atoms with Crippen molar-refractivity contribution >= 4 is 23.2 Å². The third-order valence-corrected chi connectivity index (χ3v) is 4.41. The predicted molar refractivity (Wildman–Crippen MR) is 109 cm³/mol. The molecule has 27 heavy (non-hydrogen) atoms. The van der Waals surface area contributed by atoms with Gasteiger partial charge in [-0.25, -0.2) is 4.39 Å². The quantitative estimate of drug-likeness (QED) is 0.662. The van der Waals surface area contributed by atoms with Crippen molar-refractivity contribution < 1.29 is 9.18 Å². The SMILES string of the molecule is O=C(NC(=S)N(Cc1ccccc1)Cc1ccccc1)c1ccc(F)cc1. The first-order valence-corrected chi connectivity index (χ1v) is 8.96. The number of benzene rings is 3. The number of halogens is 1. The number of carbonyl (C=O) groups excluding carboxylic acids is 1. The number of rotatable bonds is 5. The van der Waals surface area contributed by atoms with E-state index < -0.39 is 0 Å². The zero-order chi connectivity index (χ0) is 19.1. The molecule has 1 amide bonds. The second kappa shape index (κ2) is 9.05. The van der Waals surface area contributed by atoms with Crippen molar-refractivity contribution in [1.82, 2.24) is 10.2 Å². The molecule has 0 saturated heterocycles. The lowest BCUT2D eigenvalue weighted by Crippen LogP contribution is -2.42. The molecule has 3 aromatic rings. The van der Waals surface area contributed by atoms with Crippen molar-refractivity contribution in [3.05, 3.63) is 107 Å². The van der Waals surface area contributed by atoms with Crippen molar-refractivity contribution in [3.63, 3.8) is 0 Å². The number of hydrogen-bond acceptors (Lipinski definition) is 2. The molecule has 5 heteroatoms. The van der Waals surface area contributed by atoms with Crippen LogP contribution in [0.15, 0.2) is 84.9 Å². The van der Waals surface area contributed by atoms with Crippen LogP contribution in [-0.4, -0.2) is 15.9 Å². The van der Waals surface area contributed by atoms with Crippen LogP contribution in [0.25, 0.3) is 0 Å². The number of nitrogens with zero attached hydrogens (tertiary/aromatic N) is 1. The smallest absolute Gasteiger partial charge is 0.257 e. The number of thiocarbonyl (C=S) groups is 1. The van der Waals surface area contributed by atoms with Crippen LogP contribution in [0, 0.1) is 5.82 Å². The van der Waals surface area contributed by atoms with Gasteiger partial charge in [-0.2, -0.15) is 0 Å². The maximum absolute atomic E-state index is 13.1. The zero-order valence-corrected chi connectivity index (χ0v) is 15.5. The van der Waals surface area contributed by atoms with E-state index in [1.165, 1.54) is 24.3 Å². The fraction of sp³-hybridized carbons (Fsp3) is 0.0909. The molecule has 3 rings (SSSR count). The topological polar surface area (TPSA) is 32.3 Å². The minimum absolute atomic E-state index is 0.331. The van der Waals surface area contributed by atoms with Crippen molar-refractivity contribution in [2.45, 2.75) is 13.1 Å². The molecule has 0 aromatic heterocycles. The molecule has 136 valence electrons. The third kappa shape index (κ3) is 5.46.